The third-order valence-corrected chi connectivity index (χ3v) is 7.58. The van der Waals surface area contributed by atoms with Gasteiger partial charge in [0.2, 0.25) is 0 Å². The molecular formula is C32H27Cl2N3O3. The predicted octanol–water partition coefficient (Wildman–Crippen LogP) is 7.41. The van der Waals surface area contributed by atoms with E-state index in [4.69, 9.17) is 32.9 Å². The van der Waals surface area contributed by atoms with Crippen LogP contribution in [0.3, 0.4) is 0 Å². The average Bonchev–Trinajstić information content (AvgIpc) is 2.97. The summed E-state index contributed by atoms with van der Waals surface area (Å²) in [5.74, 6) is 0.640. The summed E-state index contributed by atoms with van der Waals surface area (Å²) >= 11 is 12.4. The Labute approximate surface area is 242 Å². The molecule has 1 unspecified atom stereocenters. The molecule has 5 aromatic rings. The van der Waals surface area contributed by atoms with E-state index in [0.29, 0.717) is 38.8 Å². The van der Waals surface area contributed by atoms with Gasteiger partial charge in [-0.15, -0.1) is 0 Å². The van der Waals surface area contributed by atoms with Gasteiger partial charge >= 0.3 is 0 Å². The minimum atomic E-state index is -0.635. The van der Waals surface area contributed by atoms with Crippen molar-refractivity contribution in [3.63, 3.8) is 0 Å². The Morgan fingerprint density at radius 1 is 0.950 bits per heavy atom. The Balaban J connectivity index is 1.74. The zero-order chi connectivity index (χ0) is 28.4. The van der Waals surface area contributed by atoms with Gasteiger partial charge < -0.3 is 9.64 Å². The highest BCUT2D eigenvalue weighted by Crippen LogP contribution is 2.31. The van der Waals surface area contributed by atoms with Crippen LogP contribution < -0.4 is 10.3 Å². The van der Waals surface area contributed by atoms with Crippen molar-refractivity contribution in [1.82, 2.24) is 14.5 Å². The van der Waals surface area contributed by atoms with Crippen LogP contribution in [0.25, 0.3) is 16.6 Å². The smallest absolute Gasteiger partial charge is 0.266 e. The van der Waals surface area contributed by atoms with Gasteiger partial charge in [0, 0.05) is 12.1 Å². The molecule has 0 aliphatic carbocycles. The molecule has 0 bridgehead atoms. The van der Waals surface area contributed by atoms with E-state index in [0.717, 1.165) is 11.1 Å². The van der Waals surface area contributed by atoms with E-state index < -0.39 is 6.04 Å². The highest BCUT2D eigenvalue weighted by molar-refractivity contribution is 6.42. The number of nitrogens with zero attached hydrogens (tertiary/aromatic N) is 3. The molecule has 1 aromatic heterocycles. The highest BCUT2D eigenvalue weighted by Gasteiger charge is 2.29. The number of rotatable bonds is 7. The number of fused-ring (bicyclic) bond motifs is 1. The van der Waals surface area contributed by atoms with E-state index in [1.54, 1.807) is 46.9 Å². The van der Waals surface area contributed by atoms with Gasteiger partial charge in [-0.2, -0.15) is 0 Å². The monoisotopic (exact) mass is 571 g/mol. The maximum Gasteiger partial charge on any atom is 0.266 e. The molecule has 1 amide bonds. The van der Waals surface area contributed by atoms with Crippen LogP contribution in [0.1, 0.15) is 40.3 Å². The van der Waals surface area contributed by atoms with Crippen LogP contribution in [0.2, 0.25) is 10.0 Å². The number of aromatic nitrogens is 2. The molecule has 0 fully saturated rings. The van der Waals surface area contributed by atoms with Crippen molar-refractivity contribution in [2.45, 2.75) is 26.4 Å². The highest BCUT2D eigenvalue weighted by atomic mass is 35.5. The number of methoxy groups -OCH3 is 1. The summed E-state index contributed by atoms with van der Waals surface area (Å²) in [5.41, 5.74) is 3.08. The fourth-order valence-electron chi connectivity index (χ4n) is 4.74. The SMILES string of the molecule is COc1ccc(C)cc1-n1c(C(C)N(Cc2ccccc2)C(=O)c2ccc(Cl)c(Cl)c2)nc2ccccc2c1=O. The van der Waals surface area contributed by atoms with Crippen LogP contribution in [-0.2, 0) is 6.54 Å². The van der Waals surface area contributed by atoms with Crippen molar-refractivity contribution in [2.24, 2.45) is 0 Å². The summed E-state index contributed by atoms with van der Waals surface area (Å²) in [7, 11) is 1.56. The molecule has 0 saturated carbocycles. The van der Waals surface area contributed by atoms with Crippen molar-refractivity contribution in [3.8, 4) is 11.4 Å². The van der Waals surface area contributed by atoms with Crippen molar-refractivity contribution < 1.29 is 9.53 Å². The minimum Gasteiger partial charge on any atom is -0.495 e. The third-order valence-electron chi connectivity index (χ3n) is 6.84. The summed E-state index contributed by atoms with van der Waals surface area (Å²) in [5, 5.41) is 1.11. The van der Waals surface area contributed by atoms with E-state index in [-0.39, 0.29) is 23.0 Å². The average molecular weight is 572 g/mol. The van der Waals surface area contributed by atoms with Gasteiger partial charge in [0.25, 0.3) is 11.5 Å². The largest absolute Gasteiger partial charge is 0.495 e. The van der Waals surface area contributed by atoms with Crippen LogP contribution in [0, 0.1) is 6.92 Å². The molecule has 0 saturated heterocycles. The molecule has 0 aliphatic rings. The Hall–Kier alpha value is -4.13. The van der Waals surface area contributed by atoms with E-state index in [9.17, 15) is 9.59 Å². The van der Waals surface area contributed by atoms with Crippen molar-refractivity contribution >= 4 is 40.0 Å². The molecule has 0 radical (unpaired) electrons. The quantitative estimate of drug-likeness (QED) is 0.204. The molecule has 8 heteroatoms. The maximum absolute atomic E-state index is 14.1. The van der Waals surface area contributed by atoms with Gasteiger partial charge in [-0.25, -0.2) is 4.98 Å². The summed E-state index contributed by atoms with van der Waals surface area (Å²) in [6.07, 6.45) is 0. The predicted molar refractivity (Wildman–Crippen MR) is 160 cm³/mol. The summed E-state index contributed by atoms with van der Waals surface area (Å²) < 4.78 is 7.21. The molecule has 1 atom stereocenters. The van der Waals surface area contributed by atoms with Crippen LogP contribution in [0.4, 0.5) is 0 Å². The second-order valence-electron chi connectivity index (χ2n) is 9.53. The standard InChI is InChI=1S/C32H27Cl2N3O3/c1-20-13-16-29(40-3)28(17-20)37-30(35-27-12-8-7-11-24(27)32(37)39)21(2)36(19-22-9-5-4-6-10-22)31(38)23-14-15-25(33)26(34)18-23/h4-18,21H,19H2,1-3H3. The second-order valence-corrected chi connectivity index (χ2v) is 10.3. The van der Waals surface area contributed by atoms with Gasteiger partial charge in [0.1, 0.15) is 11.6 Å². The van der Waals surface area contributed by atoms with Crippen LogP contribution in [0.5, 0.6) is 5.75 Å². The zero-order valence-corrected chi connectivity index (χ0v) is 23.8. The zero-order valence-electron chi connectivity index (χ0n) is 22.3. The Kier molecular flexibility index (Phi) is 7.92. The molecule has 1 heterocycles. The lowest BCUT2D eigenvalue weighted by Gasteiger charge is -2.31. The number of ether oxygens (including phenoxy) is 1. The Morgan fingerprint density at radius 3 is 2.40 bits per heavy atom. The lowest BCUT2D eigenvalue weighted by Crippen LogP contribution is -2.37. The Bertz CT molecular complexity index is 1770. The lowest BCUT2D eigenvalue weighted by atomic mass is 10.1. The first-order valence-corrected chi connectivity index (χ1v) is 13.5. The van der Waals surface area contributed by atoms with Crippen LogP contribution in [0.15, 0.2) is 95.8 Å². The van der Waals surface area contributed by atoms with E-state index in [1.807, 2.05) is 74.5 Å². The number of carbonyl (C=O) groups is 1. The van der Waals surface area contributed by atoms with Gasteiger partial charge in [-0.05, 0) is 67.4 Å². The number of hydrogen-bond donors (Lipinski definition) is 0. The molecule has 0 N–H and O–H groups in total. The van der Waals surface area contributed by atoms with Crippen LogP contribution >= 0.6 is 23.2 Å². The molecule has 0 spiro atoms. The minimum absolute atomic E-state index is 0.252. The molecule has 0 aliphatic heterocycles. The topological polar surface area (TPSA) is 64.4 Å². The van der Waals surface area contributed by atoms with Gasteiger partial charge in [-0.1, -0.05) is 71.7 Å². The number of hydrogen-bond acceptors (Lipinski definition) is 4. The van der Waals surface area contributed by atoms with E-state index >= 15 is 0 Å². The van der Waals surface area contributed by atoms with Gasteiger partial charge in [0.15, 0.2) is 0 Å². The fraction of sp³-hybridized carbons (Fsp3) is 0.156. The maximum atomic E-state index is 14.1. The van der Waals surface area contributed by atoms with Gasteiger partial charge in [0.05, 0.1) is 39.8 Å². The Morgan fingerprint density at radius 2 is 1.68 bits per heavy atom. The van der Waals surface area contributed by atoms with Gasteiger partial charge in [-0.3, -0.25) is 14.2 Å². The number of carbonyl (C=O) groups excluding carboxylic acids is 1. The molecule has 40 heavy (non-hydrogen) atoms. The summed E-state index contributed by atoms with van der Waals surface area (Å²) in [4.78, 5) is 34.8. The first-order valence-electron chi connectivity index (χ1n) is 12.7. The fourth-order valence-corrected chi connectivity index (χ4v) is 5.03. The number of benzene rings is 4. The van der Waals surface area contributed by atoms with Crippen molar-refractivity contribution in [1.29, 1.82) is 0 Å². The number of amides is 1. The summed E-state index contributed by atoms with van der Waals surface area (Å²) in [6, 6.07) is 26.6. The number of aryl methyl sites for hydroxylation is 1. The van der Waals surface area contributed by atoms with Crippen LogP contribution in [-0.4, -0.2) is 27.5 Å². The van der Waals surface area contributed by atoms with E-state index in [1.165, 1.54) is 0 Å². The number of halogens is 2. The summed E-state index contributed by atoms with van der Waals surface area (Å²) in [6.45, 7) is 4.09. The number of para-hydroxylation sites is 1. The first kappa shape index (κ1) is 27.4. The molecule has 6 nitrogen and oxygen atoms in total. The molecule has 4 aromatic carbocycles. The molecule has 5 rings (SSSR count). The lowest BCUT2D eigenvalue weighted by molar-refractivity contribution is 0.0664. The normalized spacial score (nSPS) is 11.8. The second kappa shape index (κ2) is 11.5. The molecular weight excluding hydrogens is 545 g/mol. The first-order chi connectivity index (χ1) is 19.3. The van der Waals surface area contributed by atoms with E-state index in [2.05, 4.69) is 0 Å². The molecule has 202 valence electrons. The van der Waals surface area contributed by atoms with Crippen molar-refractivity contribution in [2.75, 3.05) is 7.11 Å². The van der Waals surface area contributed by atoms with Crippen molar-refractivity contribution in [3.05, 3.63) is 134 Å². The third kappa shape index (κ3) is 5.33.